The van der Waals surface area contributed by atoms with E-state index in [0.29, 0.717) is 9.13 Å². The van der Waals surface area contributed by atoms with Crippen molar-refractivity contribution in [2.45, 2.75) is 6.92 Å². The van der Waals surface area contributed by atoms with Crippen LogP contribution in [-0.4, -0.2) is 23.8 Å². The van der Waals surface area contributed by atoms with Gasteiger partial charge in [-0.15, -0.1) is 0 Å². The van der Waals surface area contributed by atoms with Crippen LogP contribution in [0.15, 0.2) is 46.0 Å². The van der Waals surface area contributed by atoms with Gasteiger partial charge in [-0.05, 0) is 53.3 Å². The lowest BCUT2D eigenvalue weighted by Gasteiger charge is -2.08. The van der Waals surface area contributed by atoms with E-state index in [1.54, 1.807) is 12.1 Å². The molecule has 0 aliphatic rings. The summed E-state index contributed by atoms with van der Waals surface area (Å²) in [4.78, 5) is 11.8. The minimum Gasteiger partial charge on any atom is -0.506 e. The maximum Gasteiger partial charge on any atom is 0.259 e. The molecule has 0 atom stereocenters. The van der Waals surface area contributed by atoms with Gasteiger partial charge < -0.3 is 10.4 Å². The highest BCUT2D eigenvalue weighted by molar-refractivity contribution is 14.1. The minimum atomic E-state index is -0.270. The van der Waals surface area contributed by atoms with Gasteiger partial charge in [0.2, 0.25) is 0 Å². The van der Waals surface area contributed by atoms with E-state index in [-0.39, 0.29) is 18.2 Å². The molecule has 2 aromatic carbocycles. The fourth-order valence-electron chi connectivity index (χ4n) is 1.84. The summed E-state index contributed by atoms with van der Waals surface area (Å²) in [6.07, 6.45) is 1.41. The summed E-state index contributed by atoms with van der Waals surface area (Å²) in [7, 11) is 0. The van der Waals surface area contributed by atoms with Crippen LogP contribution in [0.3, 0.4) is 0 Å². The Morgan fingerprint density at radius 1 is 1.39 bits per heavy atom. The Labute approximate surface area is 156 Å². The molecule has 0 aromatic heterocycles. The molecule has 0 heterocycles. The fourth-order valence-corrected chi connectivity index (χ4v) is 3.39. The van der Waals surface area contributed by atoms with E-state index in [4.69, 9.17) is 0 Å². The van der Waals surface area contributed by atoms with Crippen molar-refractivity contribution < 1.29 is 9.90 Å². The summed E-state index contributed by atoms with van der Waals surface area (Å²) in [6, 6.07) is 11.2. The number of amides is 1. The first-order valence-electron chi connectivity index (χ1n) is 6.77. The summed E-state index contributed by atoms with van der Waals surface area (Å²) in [5.74, 6) is -0.140. The van der Waals surface area contributed by atoms with Gasteiger partial charge in [-0.25, -0.2) is 5.43 Å². The van der Waals surface area contributed by atoms with Gasteiger partial charge in [0.15, 0.2) is 0 Å². The molecule has 5 nitrogen and oxygen atoms in total. The Kier molecular flexibility index (Phi) is 6.40. The standard InChI is InChI=1S/C16H15BrIN3O2/c1-10-4-2-3-5-14(10)19-9-15(22)21-20-8-11-6-12(17)7-13(18)16(11)23/h2-8,19,23H,9H2,1H3,(H,21,22). The zero-order valence-electron chi connectivity index (χ0n) is 12.3. The number of carbonyl (C=O) groups excluding carboxylic acids is 1. The van der Waals surface area contributed by atoms with Gasteiger partial charge in [-0.3, -0.25) is 4.79 Å². The average Bonchev–Trinajstić information content (AvgIpc) is 2.51. The van der Waals surface area contributed by atoms with E-state index in [0.717, 1.165) is 15.7 Å². The zero-order chi connectivity index (χ0) is 16.8. The molecule has 0 saturated carbocycles. The molecule has 0 unspecified atom stereocenters. The van der Waals surface area contributed by atoms with Crippen molar-refractivity contribution in [3.05, 3.63) is 55.6 Å². The molecule has 0 bridgehead atoms. The molecule has 0 saturated heterocycles. The van der Waals surface area contributed by atoms with Crippen LogP contribution in [0, 0.1) is 10.5 Å². The van der Waals surface area contributed by atoms with Crippen LogP contribution >= 0.6 is 38.5 Å². The van der Waals surface area contributed by atoms with Crippen LogP contribution < -0.4 is 10.7 Å². The van der Waals surface area contributed by atoms with E-state index in [2.05, 4.69) is 31.8 Å². The first-order chi connectivity index (χ1) is 11.0. The molecule has 0 spiro atoms. The third-order valence-corrected chi connectivity index (χ3v) is 4.32. The molecule has 0 aliphatic carbocycles. The van der Waals surface area contributed by atoms with Crippen molar-refractivity contribution in [3.8, 4) is 5.75 Å². The highest BCUT2D eigenvalue weighted by Crippen LogP contribution is 2.27. The second-order valence-corrected chi connectivity index (χ2v) is 6.86. The van der Waals surface area contributed by atoms with Gasteiger partial charge in [-0.1, -0.05) is 34.1 Å². The monoisotopic (exact) mass is 487 g/mol. The van der Waals surface area contributed by atoms with Gasteiger partial charge in [-0.2, -0.15) is 5.10 Å². The maximum absolute atomic E-state index is 11.8. The van der Waals surface area contributed by atoms with Gasteiger partial charge >= 0.3 is 0 Å². The molecule has 1 amide bonds. The number of phenols is 1. The lowest BCUT2D eigenvalue weighted by Crippen LogP contribution is -2.26. The zero-order valence-corrected chi connectivity index (χ0v) is 16.1. The van der Waals surface area contributed by atoms with Gasteiger partial charge in [0.1, 0.15) is 5.75 Å². The number of hydrogen-bond donors (Lipinski definition) is 3. The van der Waals surface area contributed by atoms with Crippen molar-refractivity contribution in [2.75, 3.05) is 11.9 Å². The number of phenolic OH excluding ortho intramolecular Hbond substituents is 1. The fraction of sp³-hybridized carbons (Fsp3) is 0.125. The minimum absolute atomic E-state index is 0.115. The number of anilines is 1. The number of aryl methyl sites for hydroxylation is 1. The smallest absolute Gasteiger partial charge is 0.259 e. The molecule has 2 rings (SSSR count). The van der Waals surface area contributed by atoms with Crippen LogP contribution in [0.1, 0.15) is 11.1 Å². The van der Waals surface area contributed by atoms with Crippen molar-refractivity contribution in [1.29, 1.82) is 0 Å². The summed E-state index contributed by atoms with van der Waals surface area (Å²) in [5.41, 5.74) is 4.93. The van der Waals surface area contributed by atoms with E-state index in [1.807, 2.05) is 53.8 Å². The predicted molar refractivity (Wildman–Crippen MR) is 104 cm³/mol. The number of hydrogen-bond acceptors (Lipinski definition) is 4. The van der Waals surface area contributed by atoms with E-state index >= 15 is 0 Å². The van der Waals surface area contributed by atoms with Crippen LogP contribution in [0.25, 0.3) is 0 Å². The molecule has 23 heavy (non-hydrogen) atoms. The molecule has 0 aliphatic heterocycles. The molecule has 0 fully saturated rings. The van der Waals surface area contributed by atoms with E-state index in [9.17, 15) is 9.90 Å². The number of halogens is 2. The van der Waals surface area contributed by atoms with Crippen LogP contribution in [0.4, 0.5) is 5.69 Å². The van der Waals surface area contributed by atoms with Crippen LogP contribution in [0.2, 0.25) is 0 Å². The maximum atomic E-state index is 11.8. The summed E-state index contributed by atoms with van der Waals surface area (Å²) in [5, 5.41) is 16.8. The number of hydrazone groups is 1. The summed E-state index contributed by atoms with van der Waals surface area (Å²) in [6.45, 7) is 2.08. The quantitative estimate of drug-likeness (QED) is 0.342. The molecule has 3 N–H and O–H groups in total. The number of nitrogens with one attached hydrogen (secondary N) is 2. The summed E-state index contributed by atoms with van der Waals surface area (Å²) < 4.78 is 1.53. The second kappa shape index (κ2) is 8.30. The topological polar surface area (TPSA) is 73.7 Å². The Hall–Kier alpha value is -1.61. The number of nitrogens with zero attached hydrogens (tertiary/aromatic N) is 1. The van der Waals surface area contributed by atoms with Crippen LogP contribution in [0.5, 0.6) is 5.75 Å². The first-order valence-corrected chi connectivity index (χ1v) is 8.64. The Morgan fingerprint density at radius 3 is 2.87 bits per heavy atom. The second-order valence-electron chi connectivity index (χ2n) is 4.79. The van der Waals surface area contributed by atoms with Crippen LogP contribution in [-0.2, 0) is 4.79 Å². The number of benzene rings is 2. The SMILES string of the molecule is Cc1ccccc1NCC(=O)NN=Cc1cc(Br)cc(I)c1O. The first kappa shape index (κ1) is 17.7. The molecule has 7 heteroatoms. The highest BCUT2D eigenvalue weighted by Gasteiger charge is 2.06. The summed E-state index contributed by atoms with van der Waals surface area (Å²) >= 11 is 5.38. The van der Waals surface area contributed by atoms with Gasteiger partial charge in [0, 0.05) is 15.7 Å². The van der Waals surface area contributed by atoms with Crippen molar-refractivity contribution in [3.63, 3.8) is 0 Å². The molecule has 2 aromatic rings. The van der Waals surface area contributed by atoms with E-state index in [1.165, 1.54) is 6.21 Å². The number of aromatic hydroxyl groups is 1. The Bertz CT molecular complexity index is 750. The molecular weight excluding hydrogens is 473 g/mol. The predicted octanol–water partition coefficient (Wildman–Crippen LogP) is 3.63. The highest BCUT2D eigenvalue weighted by atomic mass is 127. The lowest BCUT2D eigenvalue weighted by molar-refractivity contribution is -0.119. The Balaban J connectivity index is 1.91. The van der Waals surface area contributed by atoms with Crippen molar-refractivity contribution in [2.24, 2.45) is 5.10 Å². The molecule has 0 radical (unpaired) electrons. The molecule has 120 valence electrons. The van der Waals surface area contributed by atoms with Gasteiger partial charge in [0.05, 0.1) is 16.3 Å². The van der Waals surface area contributed by atoms with Crippen molar-refractivity contribution >= 4 is 56.3 Å². The largest absolute Gasteiger partial charge is 0.506 e. The lowest BCUT2D eigenvalue weighted by atomic mass is 10.2. The third-order valence-electron chi connectivity index (χ3n) is 3.04. The Morgan fingerprint density at radius 2 is 2.13 bits per heavy atom. The number of rotatable bonds is 5. The normalized spacial score (nSPS) is 10.7. The third kappa shape index (κ3) is 5.21. The van der Waals surface area contributed by atoms with Crippen molar-refractivity contribution in [1.82, 2.24) is 5.43 Å². The number of carbonyl (C=O) groups is 1. The van der Waals surface area contributed by atoms with E-state index < -0.39 is 0 Å². The number of para-hydroxylation sites is 1. The molecular formula is C16H15BrIN3O2. The average molecular weight is 488 g/mol. The van der Waals surface area contributed by atoms with Gasteiger partial charge in [0.25, 0.3) is 5.91 Å².